The third-order valence-corrected chi connectivity index (χ3v) is 6.67. The second kappa shape index (κ2) is 22.4. The van der Waals surface area contributed by atoms with Crippen molar-refractivity contribution in [3.05, 3.63) is 12.7 Å². The quantitative estimate of drug-likeness (QED) is 0.0847. The number of quaternary nitrogens is 1. The minimum Gasteiger partial charge on any atom is -0.323 e. The lowest BCUT2D eigenvalue weighted by atomic mass is 10.1. The Kier molecular flexibility index (Phi) is 22.2. The fourth-order valence-electron chi connectivity index (χ4n) is 4.57. The van der Waals surface area contributed by atoms with Crippen molar-refractivity contribution in [3.63, 3.8) is 0 Å². The van der Waals surface area contributed by atoms with Crippen LogP contribution in [-0.4, -0.2) is 31.2 Å². The third kappa shape index (κ3) is 20.7. The Morgan fingerprint density at radius 1 is 0.483 bits per heavy atom. The Morgan fingerprint density at radius 2 is 0.759 bits per heavy atom. The molecule has 0 fully saturated rings. The van der Waals surface area contributed by atoms with Crippen molar-refractivity contribution in [2.45, 2.75) is 142 Å². The molecule has 0 bridgehead atoms. The monoisotopic (exact) mass is 408 g/mol. The largest absolute Gasteiger partial charge is 0.323 e. The molecule has 0 amide bonds. The summed E-state index contributed by atoms with van der Waals surface area (Å²) in [7, 11) is 2.46. The van der Waals surface area contributed by atoms with Crippen molar-refractivity contribution in [2.75, 3.05) is 26.7 Å². The summed E-state index contributed by atoms with van der Waals surface area (Å²) in [5.74, 6) is 0. The Morgan fingerprint density at radius 3 is 1.03 bits per heavy atom. The molecule has 0 aromatic heterocycles. The Hall–Kier alpha value is -0.300. The summed E-state index contributed by atoms with van der Waals surface area (Å²) >= 11 is 0. The van der Waals surface area contributed by atoms with E-state index < -0.39 is 0 Å². The number of hydrogen-bond donors (Lipinski definition) is 0. The molecule has 0 aliphatic heterocycles. The molecule has 0 atom stereocenters. The number of likely N-dealkylation sites (N-methyl/N-ethyl adjacent to an activating group) is 1. The molecule has 0 saturated heterocycles. The van der Waals surface area contributed by atoms with Crippen molar-refractivity contribution in [3.8, 4) is 0 Å². The van der Waals surface area contributed by atoms with E-state index in [0.717, 1.165) is 6.54 Å². The van der Waals surface area contributed by atoms with E-state index in [1.54, 1.807) is 0 Å². The van der Waals surface area contributed by atoms with Gasteiger partial charge in [-0.25, -0.2) is 0 Å². The Balaban J connectivity index is 3.62. The highest BCUT2D eigenvalue weighted by Gasteiger charge is 2.18. The standard InChI is InChI=1S/C28H58N/c1-5-8-10-12-14-16-18-20-22-24-27-29(4,26-7-3)28-25-23-21-19-17-15-13-11-9-6-2/h7H,3,5-6,8-28H2,1-2,4H3/q+1. The van der Waals surface area contributed by atoms with Gasteiger partial charge < -0.3 is 4.48 Å². The van der Waals surface area contributed by atoms with Crippen molar-refractivity contribution < 1.29 is 4.48 Å². The Labute approximate surface area is 186 Å². The summed E-state index contributed by atoms with van der Waals surface area (Å²) in [6.45, 7) is 12.5. The van der Waals surface area contributed by atoms with Gasteiger partial charge in [-0.15, -0.1) is 0 Å². The first-order valence-electron chi connectivity index (χ1n) is 13.6. The van der Waals surface area contributed by atoms with E-state index in [0.29, 0.717) is 0 Å². The first-order chi connectivity index (χ1) is 14.2. The number of unbranched alkanes of at least 4 members (excludes halogenated alkanes) is 18. The number of nitrogens with zero attached hydrogens (tertiary/aromatic N) is 1. The lowest BCUT2D eigenvalue weighted by Crippen LogP contribution is -2.45. The van der Waals surface area contributed by atoms with Crippen LogP contribution in [0.1, 0.15) is 142 Å². The minimum absolute atomic E-state index is 1.15. The summed E-state index contributed by atoms with van der Waals surface area (Å²) in [5.41, 5.74) is 0. The maximum atomic E-state index is 4.03. The topological polar surface area (TPSA) is 0 Å². The first-order valence-corrected chi connectivity index (χ1v) is 13.6. The molecular formula is C28H58N+. The maximum Gasteiger partial charge on any atom is 0.0969 e. The molecule has 0 radical (unpaired) electrons. The summed E-state index contributed by atoms with van der Waals surface area (Å²) < 4.78 is 1.22. The molecule has 0 unspecified atom stereocenters. The smallest absolute Gasteiger partial charge is 0.0969 e. The second-order valence-electron chi connectivity index (χ2n) is 9.90. The molecule has 1 heteroatoms. The first kappa shape index (κ1) is 28.7. The molecule has 0 aliphatic rings. The van der Waals surface area contributed by atoms with Gasteiger partial charge in [-0.2, -0.15) is 0 Å². The van der Waals surface area contributed by atoms with Crippen LogP contribution >= 0.6 is 0 Å². The second-order valence-corrected chi connectivity index (χ2v) is 9.90. The zero-order valence-electron chi connectivity index (χ0n) is 21.0. The van der Waals surface area contributed by atoms with Crippen LogP contribution in [0.4, 0.5) is 0 Å². The zero-order valence-corrected chi connectivity index (χ0v) is 21.0. The fourth-order valence-corrected chi connectivity index (χ4v) is 4.57. The van der Waals surface area contributed by atoms with Gasteiger partial charge in [0.15, 0.2) is 0 Å². The molecule has 0 aliphatic carbocycles. The van der Waals surface area contributed by atoms with E-state index in [2.05, 4.69) is 33.6 Å². The number of rotatable bonds is 24. The van der Waals surface area contributed by atoms with E-state index in [-0.39, 0.29) is 0 Å². The average molecular weight is 409 g/mol. The van der Waals surface area contributed by atoms with Gasteiger partial charge in [0.05, 0.1) is 26.7 Å². The van der Waals surface area contributed by atoms with Crippen LogP contribution in [0, 0.1) is 0 Å². The van der Waals surface area contributed by atoms with Crippen LogP contribution in [-0.2, 0) is 0 Å². The van der Waals surface area contributed by atoms with Crippen molar-refractivity contribution in [1.29, 1.82) is 0 Å². The molecule has 1 nitrogen and oxygen atoms in total. The summed E-state index contributed by atoms with van der Waals surface area (Å²) in [6, 6.07) is 0. The predicted octanol–water partition coefficient (Wildman–Crippen LogP) is 9.46. The normalized spacial score (nSPS) is 11.8. The SMILES string of the molecule is C=CC[N+](C)(CCCCCCCCCCCC)CCCCCCCCCCCC. The van der Waals surface area contributed by atoms with Crippen molar-refractivity contribution in [2.24, 2.45) is 0 Å². The lowest BCUT2D eigenvalue weighted by Gasteiger charge is -2.34. The predicted molar refractivity (Wildman–Crippen MR) is 135 cm³/mol. The van der Waals surface area contributed by atoms with E-state index in [1.165, 1.54) is 146 Å². The molecule has 0 rings (SSSR count). The van der Waals surface area contributed by atoms with Gasteiger partial charge >= 0.3 is 0 Å². The molecule has 0 aromatic carbocycles. The Bertz CT molecular complexity index is 298. The summed E-state index contributed by atoms with van der Waals surface area (Å²) in [5, 5.41) is 0. The summed E-state index contributed by atoms with van der Waals surface area (Å²) in [4.78, 5) is 0. The zero-order chi connectivity index (χ0) is 21.5. The van der Waals surface area contributed by atoms with Gasteiger partial charge in [0.25, 0.3) is 0 Å². The van der Waals surface area contributed by atoms with Gasteiger partial charge in [-0.1, -0.05) is 123 Å². The molecular weight excluding hydrogens is 350 g/mol. The maximum absolute atomic E-state index is 4.03. The molecule has 29 heavy (non-hydrogen) atoms. The fraction of sp³-hybridized carbons (Fsp3) is 0.929. The van der Waals surface area contributed by atoms with Gasteiger partial charge in [0, 0.05) is 0 Å². The average Bonchev–Trinajstić information content (AvgIpc) is 2.71. The molecule has 174 valence electrons. The van der Waals surface area contributed by atoms with Crippen LogP contribution in [0.5, 0.6) is 0 Å². The van der Waals surface area contributed by atoms with Gasteiger partial charge in [0.2, 0.25) is 0 Å². The van der Waals surface area contributed by atoms with Gasteiger partial charge in [-0.3, -0.25) is 0 Å². The molecule has 0 aromatic rings. The van der Waals surface area contributed by atoms with Gasteiger partial charge in [-0.05, 0) is 31.8 Å². The van der Waals surface area contributed by atoms with Crippen LogP contribution in [0.25, 0.3) is 0 Å². The van der Waals surface area contributed by atoms with Crippen molar-refractivity contribution in [1.82, 2.24) is 0 Å². The van der Waals surface area contributed by atoms with Crippen LogP contribution in [0.2, 0.25) is 0 Å². The highest BCUT2D eigenvalue weighted by atomic mass is 15.3. The van der Waals surface area contributed by atoms with E-state index >= 15 is 0 Å². The van der Waals surface area contributed by atoms with E-state index in [9.17, 15) is 0 Å². The molecule has 0 N–H and O–H groups in total. The van der Waals surface area contributed by atoms with Gasteiger partial charge in [0.1, 0.15) is 0 Å². The highest BCUT2D eigenvalue weighted by molar-refractivity contribution is 4.65. The molecule has 0 spiro atoms. The lowest BCUT2D eigenvalue weighted by molar-refractivity contribution is -0.904. The van der Waals surface area contributed by atoms with E-state index in [4.69, 9.17) is 0 Å². The van der Waals surface area contributed by atoms with E-state index in [1.807, 2.05) is 0 Å². The number of hydrogen-bond acceptors (Lipinski definition) is 0. The van der Waals surface area contributed by atoms with Crippen LogP contribution in [0.3, 0.4) is 0 Å². The summed E-state index contributed by atoms with van der Waals surface area (Å²) in [6.07, 6.45) is 30.8. The van der Waals surface area contributed by atoms with Crippen LogP contribution < -0.4 is 0 Å². The highest BCUT2D eigenvalue weighted by Crippen LogP contribution is 2.15. The van der Waals surface area contributed by atoms with Crippen LogP contribution in [0.15, 0.2) is 12.7 Å². The molecule has 0 heterocycles. The van der Waals surface area contributed by atoms with Crippen molar-refractivity contribution >= 4 is 0 Å². The third-order valence-electron chi connectivity index (χ3n) is 6.67. The minimum atomic E-state index is 1.15. The molecule has 0 saturated carbocycles.